The molecule has 3 N–H and O–H groups in total. The average Bonchev–Trinajstić information content (AvgIpc) is 2.57. The highest BCUT2D eigenvalue weighted by Crippen LogP contribution is 2.36. The maximum Gasteiger partial charge on any atom is 0.197 e. The fourth-order valence-electron chi connectivity index (χ4n) is 2.28. The Kier molecular flexibility index (Phi) is 4.48. The van der Waals surface area contributed by atoms with Gasteiger partial charge in [-0.05, 0) is 31.3 Å². The van der Waals surface area contributed by atoms with Crippen molar-refractivity contribution in [2.75, 3.05) is 17.7 Å². The summed E-state index contributed by atoms with van der Waals surface area (Å²) in [6, 6.07) is 0.552. The third-order valence-corrected chi connectivity index (χ3v) is 3.93. The Morgan fingerprint density at radius 1 is 1.35 bits per heavy atom. The van der Waals surface area contributed by atoms with E-state index in [0.717, 1.165) is 10.8 Å². The lowest BCUT2D eigenvalue weighted by Gasteiger charge is -2.16. The van der Waals surface area contributed by atoms with Gasteiger partial charge in [0.15, 0.2) is 16.6 Å². The minimum Gasteiger partial charge on any atom is -0.487 e. The normalized spacial score (nSPS) is 17.7. The molecule has 0 radical (unpaired) electrons. The molecule has 1 aliphatic rings. The zero-order valence-corrected chi connectivity index (χ0v) is 11.2. The van der Waals surface area contributed by atoms with Crippen LogP contribution in [0.1, 0.15) is 45.4 Å². The smallest absolute Gasteiger partial charge is 0.197 e. The van der Waals surface area contributed by atoms with Crippen molar-refractivity contribution in [1.29, 1.82) is 0 Å². The predicted molar refractivity (Wildman–Crippen MR) is 72.8 cm³/mol. The lowest BCUT2D eigenvalue weighted by molar-refractivity contribution is 0.343. The molecule has 0 spiro atoms. The number of nitrogens with zero attached hydrogens (tertiary/aromatic N) is 1. The number of ether oxygens (including phenoxy) is 1. The molecule has 0 aromatic carbocycles. The van der Waals surface area contributed by atoms with Crippen molar-refractivity contribution in [3.8, 4) is 5.75 Å². The maximum atomic E-state index is 5.80. The van der Waals surface area contributed by atoms with Crippen LogP contribution in [-0.2, 0) is 0 Å². The van der Waals surface area contributed by atoms with Gasteiger partial charge in [0.05, 0.1) is 6.61 Å². The number of hydrogen-bond donors (Lipinski definition) is 2. The zero-order valence-electron chi connectivity index (χ0n) is 10.4. The summed E-state index contributed by atoms with van der Waals surface area (Å²) in [6.07, 6.45) is 7.83. The Morgan fingerprint density at radius 2 is 2.06 bits per heavy atom. The van der Waals surface area contributed by atoms with Gasteiger partial charge in [0.25, 0.3) is 0 Å². The van der Waals surface area contributed by atoms with Gasteiger partial charge >= 0.3 is 0 Å². The molecule has 1 heterocycles. The molecule has 0 unspecified atom stereocenters. The average molecular weight is 255 g/mol. The quantitative estimate of drug-likeness (QED) is 0.811. The summed E-state index contributed by atoms with van der Waals surface area (Å²) in [5.74, 6) is 1.25. The highest BCUT2D eigenvalue weighted by molar-refractivity contribution is 7.11. The summed E-state index contributed by atoms with van der Waals surface area (Å²) in [6.45, 7) is 2.59. The van der Waals surface area contributed by atoms with Crippen molar-refractivity contribution >= 4 is 22.4 Å². The van der Waals surface area contributed by atoms with Crippen LogP contribution in [-0.4, -0.2) is 17.0 Å². The van der Waals surface area contributed by atoms with E-state index in [4.69, 9.17) is 10.5 Å². The largest absolute Gasteiger partial charge is 0.487 e. The Labute approximate surface area is 107 Å². The first-order valence-corrected chi connectivity index (χ1v) is 7.23. The molecular formula is C12H21N3OS. The summed E-state index contributed by atoms with van der Waals surface area (Å²) < 4.78 is 9.70. The van der Waals surface area contributed by atoms with Gasteiger partial charge in [0.2, 0.25) is 0 Å². The van der Waals surface area contributed by atoms with E-state index in [1.165, 1.54) is 50.1 Å². The number of hydrogen-bond acceptors (Lipinski definition) is 5. The van der Waals surface area contributed by atoms with Crippen molar-refractivity contribution in [1.82, 2.24) is 4.37 Å². The van der Waals surface area contributed by atoms with Crippen LogP contribution in [0.2, 0.25) is 0 Å². The van der Waals surface area contributed by atoms with E-state index >= 15 is 0 Å². The predicted octanol–water partition coefficient (Wildman–Crippen LogP) is 3.26. The van der Waals surface area contributed by atoms with E-state index in [0.29, 0.717) is 18.5 Å². The Morgan fingerprint density at radius 3 is 2.71 bits per heavy atom. The number of aromatic nitrogens is 1. The van der Waals surface area contributed by atoms with Gasteiger partial charge in [-0.3, -0.25) is 0 Å². The van der Waals surface area contributed by atoms with E-state index in [2.05, 4.69) is 9.69 Å². The van der Waals surface area contributed by atoms with Crippen molar-refractivity contribution < 1.29 is 4.74 Å². The standard InChI is InChI=1S/C12H21N3OS/c1-2-16-10-11(13)15-17-12(10)14-9-7-5-3-4-6-8-9/h9,14H,2-8H2,1H3,(H2,13,15). The highest BCUT2D eigenvalue weighted by atomic mass is 32.1. The lowest BCUT2D eigenvalue weighted by Crippen LogP contribution is -2.18. The zero-order chi connectivity index (χ0) is 12.1. The summed E-state index contributed by atoms with van der Waals surface area (Å²) in [5.41, 5.74) is 5.80. The summed E-state index contributed by atoms with van der Waals surface area (Å²) in [7, 11) is 0. The molecule has 1 aliphatic carbocycles. The number of anilines is 2. The SMILES string of the molecule is CCOc1c(N)nsc1NC1CCCCCC1. The topological polar surface area (TPSA) is 60.2 Å². The van der Waals surface area contributed by atoms with Crippen LogP contribution in [0.3, 0.4) is 0 Å². The van der Waals surface area contributed by atoms with E-state index in [9.17, 15) is 0 Å². The van der Waals surface area contributed by atoms with Crippen molar-refractivity contribution in [2.45, 2.75) is 51.5 Å². The molecule has 2 rings (SSSR count). The van der Waals surface area contributed by atoms with Crippen LogP contribution in [0, 0.1) is 0 Å². The van der Waals surface area contributed by atoms with Gasteiger partial charge in [-0.2, -0.15) is 4.37 Å². The molecule has 0 atom stereocenters. The van der Waals surface area contributed by atoms with Crippen molar-refractivity contribution in [3.63, 3.8) is 0 Å². The van der Waals surface area contributed by atoms with Gasteiger partial charge in [-0.15, -0.1) is 0 Å². The molecule has 0 aliphatic heterocycles. The molecule has 0 saturated heterocycles. The summed E-state index contributed by atoms with van der Waals surface area (Å²) >= 11 is 1.41. The van der Waals surface area contributed by atoms with Gasteiger partial charge < -0.3 is 15.8 Å². The Hall–Kier alpha value is -0.970. The molecule has 5 heteroatoms. The molecule has 96 valence electrons. The van der Waals surface area contributed by atoms with Crippen LogP contribution in [0.15, 0.2) is 0 Å². The number of rotatable bonds is 4. The molecule has 0 bridgehead atoms. The number of nitrogens with one attached hydrogen (secondary N) is 1. The lowest BCUT2D eigenvalue weighted by atomic mass is 10.1. The molecule has 1 aromatic rings. The second-order valence-electron chi connectivity index (χ2n) is 4.49. The molecule has 1 aromatic heterocycles. The second kappa shape index (κ2) is 6.10. The fourth-order valence-corrected chi connectivity index (χ4v) is 3.02. The third-order valence-electron chi connectivity index (χ3n) is 3.15. The van der Waals surface area contributed by atoms with E-state index < -0.39 is 0 Å². The van der Waals surface area contributed by atoms with Gasteiger partial charge in [0, 0.05) is 6.04 Å². The monoisotopic (exact) mass is 255 g/mol. The van der Waals surface area contributed by atoms with Crippen molar-refractivity contribution in [3.05, 3.63) is 0 Å². The highest BCUT2D eigenvalue weighted by Gasteiger charge is 2.17. The van der Waals surface area contributed by atoms with Crippen LogP contribution in [0.5, 0.6) is 5.75 Å². The van der Waals surface area contributed by atoms with Gasteiger partial charge in [0.1, 0.15) is 0 Å². The molecule has 4 nitrogen and oxygen atoms in total. The van der Waals surface area contributed by atoms with Crippen LogP contribution in [0.4, 0.5) is 10.8 Å². The summed E-state index contributed by atoms with van der Waals surface area (Å²) in [4.78, 5) is 0. The third kappa shape index (κ3) is 3.25. The van der Waals surface area contributed by atoms with E-state index in [1.807, 2.05) is 6.92 Å². The van der Waals surface area contributed by atoms with Gasteiger partial charge in [-0.25, -0.2) is 0 Å². The number of nitrogen functional groups attached to an aromatic ring is 1. The first-order valence-electron chi connectivity index (χ1n) is 6.45. The number of nitrogens with two attached hydrogens (primary N) is 1. The Balaban J connectivity index is 2.01. The minimum atomic E-state index is 0.507. The minimum absolute atomic E-state index is 0.507. The first-order chi connectivity index (χ1) is 8.31. The maximum absolute atomic E-state index is 5.80. The van der Waals surface area contributed by atoms with Crippen LogP contribution in [0.25, 0.3) is 0 Å². The second-order valence-corrected chi connectivity index (χ2v) is 5.27. The van der Waals surface area contributed by atoms with E-state index in [-0.39, 0.29) is 0 Å². The van der Waals surface area contributed by atoms with Gasteiger partial charge in [-0.1, -0.05) is 25.7 Å². The first kappa shape index (κ1) is 12.5. The summed E-state index contributed by atoms with van der Waals surface area (Å²) in [5, 5.41) is 4.54. The molecule has 0 amide bonds. The molecule has 1 fully saturated rings. The Bertz CT molecular complexity index is 346. The molecule has 1 saturated carbocycles. The van der Waals surface area contributed by atoms with Crippen LogP contribution >= 0.6 is 11.5 Å². The van der Waals surface area contributed by atoms with Crippen molar-refractivity contribution in [2.24, 2.45) is 0 Å². The van der Waals surface area contributed by atoms with E-state index in [1.54, 1.807) is 0 Å². The van der Waals surface area contributed by atoms with Crippen LogP contribution < -0.4 is 15.8 Å². The fraction of sp³-hybridized carbons (Fsp3) is 0.750. The molecule has 17 heavy (non-hydrogen) atoms. The molecular weight excluding hydrogens is 234 g/mol.